The maximum atomic E-state index is 12.5. The number of halogens is 2. The second kappa shape index (κ2) is 4.85. The molecule has 0 aliphatic heterocycles. The molecule has 0 spiro atoms. The van der Waals surface area contributed by atoms with Crippen LogP contribution in [0.2, 0.25) is 0 Å². The molecule has 0 aromatic heterocycles. The average molecular weight is 295 g/mol. The first-order chi connectivity index (χ1) is 9.83. The molecule has 1 aromatic rings. The highest BCUT2D eigenvalue weighted by Crippen LogP contribution is 2.63. The lowest BCUT2D eigenvalue weighted by atomic mass is 9.68. The van der Waals surface area contributed by atoms with Crippen LogP contribution >= 0.6 is 0 Å². The summed E-state index contributed by atoms with van der Waals surface area (Å²) in [7, 11) is 0. The SMILES string of the molecule is CC12CCC(C1)C(C)(C)C2Nc1ccccc1OC(F)F. The van der Waals surface area contributed by atoms with E-state index in [0.29, 0.717) is 11.6 Å². The highest BCUT2D eigenvalue weighted by molar-refractivity contribution is 5.57. The van der Waals surface area contributed by atoms with Crippen molar-refractivity contribution >= 4 is 5.69 Å². The van der Waals surface area contributed by atoms with Gasteiger partial charge in [-0.3, -0.25) is 0 Å². The summed E-state index contributed by atoms with van der Waals surface area (Å²) in [6.07, 6.45) is 3.70. The molecule has 3 unspecified atom stereocenters. The number of fused-ring (bicyclic) bond motifs is 2. The molecule has 116 valence electrons. The predicted molar refractivity (Wildman–Crippen MR) is 79.7 cm³/mol. The number of benzene rings is 1. The van der Waals surface area contributed by atoms with E-state index in [0.717, 1.165) is 0 Å². The van der Waals surface area contributed by atoms with Gasteiger partial charge < -0.3 is 10.1 Å². The molecule has 0 radical (unpaired) electrons. The lowest BCUT2D eigenvalue weighted by molar-refractivity contribution is -0.0494. The Morgan fingerprint density at radius 2 is 1.95 bits per heavy atom. The molecule has 3 atom stereocenters. The van der Waals surface area contributed by atoms with Crippen molar-refractivity contribution in [3.8, 4) is 5.75 Å². The largest absolute Gasteiger partial charge is 0.433 e. The van der Waals surface area contributed by atoms with Crippen LogP contribution in [0.5, 0.6) is 5.75 Å². The second-order valence-electron chi connectivity index (χ2n) is 7.37. The molecule has 2 bridgehead atoms. The number of ether oxygens (including phenoxy) is 1. The van der Waals surface area contributed by atoms with Crippen LogP contribution in [0.1, 0.15) is 40.0 Å². The molecular weight excluding hydrogens is 272 g/mol. The summed E-state index contributed by atoms with van der Waals surface area (Å²) in [4.78, 5) is 0. The summed E-state index contributed by atoms with van der Waals surface area (Å²) in [6, 6.07) is 7.27. The van der Waals surface area contributed by atoms with Gasteiger partial charge in [-0.05, 0) is 48.1 Å². The number of alkyl halides is 2. The summed E-state index contributed by atoms with van der Waals surface area (Å²) >= 11 is 0. The summed E-state index contributed by atoms with van der Waals surface area (Å²) in [5.41, 5.74) is 1.08. The second-order valence-corrected chi connectivity index (χ2v) is 7.37. The maximum Gasteiger partial charge on any atom is 0.387 e. The molecule has 2 aliphatic rings. The van der Waals surface area contributed by atoms with E-state index in [9.17, 15) is 8.78 Å². The third-order valence-electron chi connectivity index (χ3n) is 5.67. The predicted octanol–water partition coefficient (Wildman–Crippen LogP) is 4.91. The van der Waals surface area contributed by atoms with E-state index < -0.39 is 6.61 Å². The smallest absolute Gasteiger partial charge is 0.387 e. The van der Waals surface area contributed by atoms with Crippen molar-refractivity contribution in [1.29, 1.82) is 0 Å². The maximum absolute atomic E-state index is 12.5. The van der Waals surface area contributed by atoms with Gasteiger partial charge in [-0.25, -0.2) is 0 Å². The summed E-state index contributed by atoms with van der Waals surface area (Å²) in [5, 5.41) is 3.52. The fraction of sp³-hybridized carbons (Fsp3) is 0.647. The van der Waals surface area contributed by atoms with E-state index in [2.05, 4.69) is 30.8 Å². The Balaban J connectivity index is 1.87. The molecule has 21 heavy (non-hydrogen) atoms. The Morgan fingerprint density at radius 1 is 1.24 bits per heavy atom. The highest BCUT2D eigenvalue weighted by Gasteiger charge is 2.59. The zero-order valence-electron chi connectivity index (χ0n) is 12.8. The fourth-order valence-corrected chi connectivity index (χ4v) is 4.60. The minimum atomic E-state index is -2.79. The van der Waals surface area contributed by atoms with E-state index in [4.69, 9.17) is 0 Å². The Morgan fingerprint density at radius 3 is 2.57 bits per heavy atom. The van der Waals surface area contributed by atoms with Gasteiger partial charge in [-0.1, -0.05) is 32.9 Å². The highest BCUT2D eigenvalue weighted by atomic mass is 19.3. The first-order valence-electron chi connectivity index (χ1n) is 7.63. The normalized spacial score (nSPS) is 33.4. The van der Waals surface area contributed by atoms with Crippen LogP contribution in [-0.4, -0.2) is 12.7 Å². The zero-order chi connectivity index (χ0) is 15.3. The van der Waals surface area contributed by atoms with Crippen LogP contribution < -0.4 is 10.1 Å². The van der Waals surface area contributed by atoms with Crippen molar-refractivity contribution in [2.45, 2.75) is 52.7 Å². The minimum Gasteiger partial charge on any atom is -0.433 e. The van der Waals surface area contributed by atoms with Gasteiger partial charge in [0.15, 0.2) is 0 Å². The summed E-state index contributed by atoms with van der Waals surface area (Å²) in [5.74, 6) is 0.942. The van der Waals surface area contributed by atoms with Crippen molar-refractivity contribution < 1.29 is 13.5 Å². The Hall–Kier alpha value is -1.32. The molecule has 1 N–H and O–H groups in total. The minimum absolute atomic E-state index is 0.172. The number of anilines is 1. The van der Waals surface area contributed by atoms with Gasteiger partial charge in [0.25, 0.3) is 0 Å². The molecule has 2 aliphatic carbocycles. The van der Waals surface area contributed by atoms with Gasteiger partial charge in [-0.2, -0.15) is 8.78 Å². The molecule has 1 aromatic carbocycles. The number of nitrogens with one attached hydrogen (secondary N) is 1. The van der Waals surface area contributed by atoms with Crippen LogP contribution in [0.4, 0.5) is 14.5 Å². The molecule has 0 saturated heterocycles. The third kappa shape index (κ3) is 2.39. The van der Waals surface area contributed by atoms with Crippen LogP contribution in [0.25, 0.3) is 0 Å². The number of para-hydroxylation sites is 2. The summed E-state index contributed by atoms with van der Waals surface area (Å²) < 4.78 is 29.7. The van der Waals surface area contributed by atoms with Crippen LogP contribution in [0.15, 0.2) is 24.3 Å². The van der Waals surface area contributed by atoms with Crippen LogP contribution in [-0.2, 0) is 0 Å². The van der Waals surface area contributed by atoms with E-state index in [-0.39, 0.29) is 22.6 Å². The van der Waals surface area contributed by atoms with Crippen molar-refractivity contribution in [3.05, 3.63) is 24.3 Å². The van der Waals surface area contributed by atoms with E-state index in [1.54, 1.807) is 12.1 Å². The first kappa shape index (κ1) is 14.6. The van der Waals surface area contributed by atoms with Crippen molar-refractivity contribution in [2.24, 2.45) is 16.7 Å². The Labute approximate surface area is 124 Å². The molecule has 2 fully saturated rings. The molecule has 0 heterocycles. The molecule has 3 rings (SSSR count). The molecule has 2 nitrogen and oxygen atoms in total. The van der Waals surface area contributed by atoms with Crippen molar-refractivity contribution in [3.63, 3.8) is 0 Å². The number of rotatable bonds is 4. The Bertz CT molecular complexity index is 527. The van der Waals surface area contributed by atoms with E-state index in [1.165, 1.54) is 19.3 Å². The Kier molecular flexibility index (Phi) is 3.38. The fourth-order valence-electron chi connectivity index (χ4n) is 4.60. The van der Waals surface area contributed by atoms with Crippen molar-refractivity contribution in [2.75, 3.05) is 5.32 Å². The molecule has 4 heteroatoms. The quantitative estimate of drug-likeness (QED) is 0.851. The number of hydrogen-bond acceptors (Lipinski definition) is 2. The monoisotopic (exact) mass is 295 g/mol. The number of hydrogen-bond donors (Lipinski definition) is 1. The molecule has 2 saturated carbocycles. The van der Waals surface area contributed by atoms with Gasteiger partial charge in [0.1, 0.15) is 5.75 Å². The van der Waals surface area contributed by atoms with Crippen LogP contribution in [0.3, 0.4) is 0 Å². The standard InChI is InChI=1S/C17H23F2NO/c1-16(2)11-8-9-17(3,10-11)14(16)20-12-6-4-5-7-13(12)21-15(18)19/h4-7,11,14-15,20H,8-10H2,1-3H3. The van der Waals surface area contributed by atoms with E-state index in [1.807, 2.05) is 12.1 Å². The van der Waals surface area contributed by atoms with Gasteiger partial charge in [0.2, 0.25) is 0 Å². The van der Waals surface area contributed by atoms with Crippen LogP contribution in [0, 0.1) is 16.7 Å². The molecular formula is C17H23F2NO. The van der Waals surface area contributed by atoms with Gasteiger partial charge in [-0.15, -0.1) is 0 Å². The van der Waals surface area contributed by atoms with Gasteiger partial charge in [0, 0.05) is 6.04 Å². The topological polar surface area (TPSA) is 21.3 Å². The van der Waals surface area contributed by atoms with Crippen molar-refractivity contribution in [1.82, 2.24) is 0 Å². The molecule has 0 amide bonds. The lowest BCUT2D eigenvalue weighted by Gasteiger charge is -2.43. The first-order valence-corrected chi connectivity index (χ1v) is 7.63. The lowest BCUT2D eigenvalue weighted by Crippen LogP contribution is -2.45. The van der Waals surface area contributed by atoms with Gasteiger partial charge >= 0.3 is 6.61 Å². The van der Waals surface area contributed by atoms with E-state index >= 15 is 0 Å². The zero-order valence-corrected chi connectivity index (χ0v) is 12.8. The third-order valence-corrected chi connectivity index (χ3v) is 5.67. The average Bonchev–Trinajstić information content (AvgIpc) is 2.87. The summed E-state index contributed by atoms with van der Waals surface area (Å²) in [6.45, 7) is 4.10. The van der Waals surface area contributed by atoms with Gasteiger partial charge in [0.05, 0.1) is 5.69 Å².